The van der Waals surface area contributed by atoms with E-state index in [-0.39, 0.29) is 23.4 Å². The summed E-state index contributed by atoms with van der Waals surface area (Å²) in [5.41, 5.74) is 1.64. The van der Waals surface area contributed by atoms with Crippen LogP contribution in [0.25, 0.3) is 10.8 Å². The van der Waals surface area contributed by atoms with E-state index in [1.54, 1.807) is 30.3 Å². The fraction of sp³-hybridized carbons (Fsp3) is 0.281. The smallest absolute Gasteiger partial charge is 0.251 e. The van der Waals surface area contributed by atoms with Crippen LogP contribution in [0.1, 0.15) is 54.6 Å². The maximum absolute atomic E-state index is 13.2. The van der Waals surface area contributed by atoms with E-state index in [2.05, 4.69) is 40.5 Å². The summed E-state index contributed by atoms with van der Waals surface area (Å²) in [6, 6.07) is 30.3. The molecule has 6 heteroatoms. The molecule has 1 N–H and O–H groups in total. The molecule has 0 saturated carbocycles. The van der Waals surface area contributed by atoms with Gasteiger partial charge in [0.15, 0.2) is 9.84 Å². The predicted octanol–water partition coefficient (Wildman–Crippen LogP) is 5.98. The first-order valence-electron chi connectivity index (χ1n) is 13.7. The zero-order valence-electron chi connectivity index (χ0n) is 22.6. The number of sulfone groups is 1. The van der Waals surface area contributed by atoms with Crippen LogP contribution in [0, 0.1) is 0 Å². The Kier molecular flexibility index (Phi) is 7.52. The predicted molar refractivity (Wildman–Crippen MR) is 153 cm³/mol. The number of nitrogens with one attached hydrogen (secondary N) is 1. The van der Waals surface area contributed by atoms with E-state index in [0.29, 0.717) is 11.5 Å². The van der Waals surface area contributed by atoms with E-state index >= 15 is 0 Å². The van der Waals surface area contributed by atoms with Crippen LogP contribution in [0.4, 0.5) is 0 Å². The van der Waals surface area contributed by atoms with Crippen molar-refractivity contribution in [2.24, 2.45) is 0 Å². The number of hydrogen-bond acceptors (Lipinski definition) is 4. The number of piperidine rings is 1. The minimum Gasteiger partial charge on any atom is -0.345 e. The lowest BCUT2D eigenvalue weighted by Crippen LogP contribution is -2.36. The molecule has 2 atom stereocenters. The summed E-state index contributed by atoms with van der Waals surface area (Å²) in [5.74, 6) is 0.192. The molecular formula is C32H34N2O3S. The Bertz CT molecular complexity index is 1550. The lowest BCUT2D eigenvalue weighted by Gasteiger charge is -2.32. The van der Waals surface area contributed by atoms with Gasteiger partial charge in [-0.3, -0.25) is 4.79 Å². The topological polar surface area (TPSA) is 66.5 Å². The first-order chi connectivity index (χ1) is 18.8. The van der Waals surface area contributed by atoms with E-state index in [1.807, 2.05) is 43.3 Å². The summed E-state index contributed by atoms with van der Waals surface area (Å²) in [6.45, 7) is 3.65. The molecule has 4 aromatic rings. The van der Waals surface area contributed by atoms with Gasteiger partial charge in [0, 0.05) is 13.5 Å². The van der Waals surface area contributed by atoms with Gasteiger partial charge >= 0.3 is 0 Å². The van der Waals surface area contributed by atoms with E-state index < -0.39 is 15.6 Å². The van der Waals surface area contributed by atoms with Crippen molar-refractivity contribution >= 4 is 26.5 Å². The van der Waals surface area contributed by atoms with E-state index in [9.17, 15) is 13.2 Å². The first kappa shape index (κ1) is 24.8. The highest BCUT2D eigenvalue weighted by Gasteiger charge is 2.23. The number of fused-ring (bicyclic) bond motifs is 1. The molecule has 1 aliphatic heterocycles. The molecule has 0 aromatic heterocycles. The maximum atomic E-state index is 13.2. The number of nitrogens with zero attached hydrogens (tertiary/aromatic N) is 1. The molecule has 5 rings (SSSR count). The summed E-state index contributed by atoms with van der Waals surface area (Å²) >= 11 is 0. The number of benzene rings is 4. The minimum absolute atomic E-state index is 0.0992. The second kappa shape index (κ2) is 11.5. The van der Waals surface area contributed by atoms with Crippen molar-refractivity contribution in [3.8, 4) is 0 Å². The van der Waals surface area contributed by atoms with Crippen molar-refractivity contribution < 1.29 is 14.6 Å². The van der Waals surface area contributed by atoms with Gasteiger partial charge in [0.2, 0.25) is 0 Å². The lowest BCUT2D eigenvalue weighted by atomic mass is 9.88. The maximum Gasteiger partial charge on any atom is 0.251 e. The third-order valence-electron chi connectivity index (χ3n) is 7.47. The third-order valence-corrected chi connectivity index (χ3v) is 8.99. The summed E-state index contributed by atoms with van der Waals surface area (Å²) in [6.07, 6.45) is 1.71. The lowest BCUT2D eigenvalue weighted by molar-refractivity contribution is 0.0940. The molecule has 1 amide bonds. The molecule has 0 bridgehead atoms. The Morgan fingerprint density at radius 2 is 1.63 bits per heavy atom. The van der Waals surface area contributed by atoms with Gasteiger partial charge < -0.3 is 10.2 Å². The summed E-state index contributed by atoms with van der Waals surface area (Å²) in [7, 11) is -3.68. The summed E-state index contributed by atoms with van der Waals surface area (Å²) in [5, 5.41) is 5.46. The average Bonchev–Trinajstić information content (AvgIpc) is 2.97. The van der Waals surface area contributed by atoms with Gasteiger partial charge in [-0.05, 0) is 84.9 Å². The zero-order valence-corrected chi connectivity index (χ0v) is 22.4. The van der Waals surface area contributed by atoms with Gasteiger partial charge in [-0.25, -0.2) is 8.42 Å². The molecule has 1 fully saturated rings. The number of amides is 1. The molecular weight excluding hydrogens is 492 g/mol. The quantitative estimate of drug-likeness (QED) is 0.306. The number of likely N-dealkylation sites (tertiary alicyclic amines) is 1. The third kappa shape index (κ3) is 5.98. The van der Waals surface area contributed by atoms with Crippen LogP contribution in [-0.2, 0) is 9.84 Å². The van der Waals surface area contributed by atoms with Crippen molar-refractivity contribution in [1.29, 1.82) is 0 Å². The fourth-order valence-corrected chi connectivity index (χ4v) is 6.41. The monoisotopic (exact) mass is 527 g/mol. The van der Waals surface area contributed by atoms with Crippen LogP contribution >= 0.6 is 0 Å². The molecule has 5 nitrogen and oxygen atoms in total. The Morgan fingerprint density at radius 1 is 0.947 bits per heavy atom. The van der Waals surface area contributed by atoms with Crippen LogP contribution < -0.4 is 5.32 Å². The number of carbonyl (C=O) groups excluding carboxylic acids is 1. The fourth-order valence-electron chi connectivity index (χ4n) is 5.28. The van der Waals surface area contributed by atoms with Crippen molar-refractivity contribution in [3.63, 3.8) is 0 Å². The van der Waals surface area contributed by atoms with E-state index in [4.69, 9.17) is 1.37 Å². The summed E-state index contributed by atoms with van der Waals surface area (Å²) < 4.78 is 33.9. The molecule has 0 radical (unpaired) electrons. The van der Waals surface area contributed by atoms with Crippen LogP contribution in [0.5, 0.6) is 0 Å². The Balaban J connectivity index is 1.19. The van der Waals surface area contributed by atoms with Gasteiger partial charge in [0.1, 0.15) is 0 Å². The molecule has 4 aromatic carbocycles. The molecule has 0 aliphatic carbocycles. The zero-order chi connectivity index (χ0) is 27.4. The average molecular weight is 528 g/mol. The van der Waals surface area contributed by atoms with E-state index in [1.165, 1.54) is 0 Å². The number of rotatable bonds is 8. The minimum atomic E-state index is -3.68. The van der Waals surface area contributed by atoms with Crippen molar-refractivity contribution in [1.82, 2.24) is 10.2 Å². The normalized spacial score (nSPS) is 17.0. The standard InChI is InChI=1S/C32H34N2O3S/c1-24(30-16-8-10-26-9-5-6-15-31(26)30)33-32(35)28-12-7-11-27(23-28)25-17-19-34(20-18-25)21-22-38(36,37)29-13-3-2-4-14-29/h2-16,23-25H,17-22H2,1H3,(H,33,35)/t24-/m1/s1/i22D/t22?,24-. The van der Waals surface area contributed by atoms with Gasteiger partial charge in [-0.2, -0.15) is 0 Å². The van der Waals surface area contributed by atoms with Crippen LogP contribution in [0.3, 0.4) is 0 Å². The molecule has 1 heterocycles. The molecule has 1 unspecified atom stereocenters. The van der Waals surface area contributed by atoms with Crippen molar-refractivity contribution in [2.45, 2.75) is 36.6 Å². The van der Waals surface area contributed by atoms with Crippen molar-refractivity contribution in [3.05, 3.63) is 114 Å². The van der Waals surface area contributed by atoms with Crippen LogP contribution in [0.15, 0.2) is 102 Å². The second-order valence-corrected chi connectivity index (χ2v) is 11.9. The first-order valence-corrected chi connectivity index (χ1v) is 14.7. The Morgan fingerprint density at radius 3 is 2.42 bits per heavy atom. The Hall–Kier alpha value is -3.48. The van der Waals surface area contributed by atoms with Gasteiger partial charge in [0.25, 0.3) is 5.91 Å². The SMILES string of the molecule is [2H]C(CN1CCC(c2cccc(C(=O)N[C@H](C)c3cccc4ccccc34)c2)CC1)S(=O)(=O)c1ccccc1. The highest BCUT2D eigenvalue weighted by atomic mass is 32.2. The van der Waals surface area contributed by atoms with E-state index in [0.717, 1.165) is 47.8 Å². The summed E-state index contributed by atoms with van der Waals surface area (Å²) in [4.78, 5) is 15.5. The largest absolute Gasteiger partial charge is 0.345 e. The Labute approximate surface area is 226 Å². The number of carbonyl (C=O) groups is 1. The highest BCUT2D eigenvalue weighted by Crippen LogP contribution is 2.29. The van der Waals surface area contributed by atoms with Gasteiger partial charge in [-0.1, -0.05) is 72.8 Å². The van der Waals surface area contributed by atoms with Crippen LogP contribution in [0.2, 0.25) is 0 Å². The highest BCUT2D eigenvalue weighted by molar-refractivity contribution is 7.91. The van der Waals surface area contributed by atoms with Gasteiger partial charge in [-0.15, -0.1) is 0 Å². The second-order valence-electron chi connectivity index (χ2n) is 9.99. The molecule has 0 spiro atoms. The number of hydrogen-bond donors (Lipinski definition) is 1. The molecule has 196 valence electrons. The van der Waals surface area contributed by atoms with Crippen molar-refractivity contribution in [2.75, 3.05) is 25.4 Å². The molecule has 1 saturated heterocycles. The van der Waals surface area contributed by atoms with Gasteiger partial charge in [0.05, 0.1) is 16.7 Å². The molecule has 38 heavy (non-hydrogen) atoms. The van der Waals surface area contributed by atoms with Crippen LogP contribution in [-0.4, -0.2) is 44.6 Å². The molecule has 1 aliphatic rings.